The van der Waals surface area contributed by atoms with E-state index in [1.165, 1.54) is 11.3 Å². The van der Waals surface area contributed by atoms with E-state index in [9.17, 15) is 8.42 Å². The molecule has 0 aliphatic rings. The molecule has 0 radical (unpaired) electrons. The van der Waals surface area contributed by atoms with Crippen LogP contribution in [0.5, 0.6) is 0 Å². The van der Waals surface area contributed by atoms with Crippen LogP contribution >= 0.6 is 23.1 Å². The molecule has 4 nitrogen and oxygen atoms in total. The maximum Gasteiger partial charge on any atom is 0.250 e. The first-order valence-corrected chi connectivity index (χ1v) is 9.78. The number of rotatable bonds is 8. The zero-order valence-corrected chi connectivity index (χ0v) is 14.2. The van der Waals surface area contributed by atoms with Gasteiger partial charge >= 0.3 is 0 Å². The number of hydrogen-bond acceptors (Lipinski definition) is 5. The Labute approximate surface area is 124 Å². The molecule has 0 amide bonds. The lowest BCUT2D eigenvalue weighted by Crippen LogP contribution is -2.28. The van der Waals surface area contributed by atoms with Gasteiger partial charge in [-0.2, -0.15) is 11.8 Å². The highest BCUT2D eigenvalue weighted by Gasteiger charge is 2.17. The molecule has 1 aromatic heterocycles. The maximum atomic E-state index is 12.1. The van der Waals surface area contributed by atoms with Crippen LogP contribution in [0.4, 0.5) is 0 Å². The monoisotopic (exact) mass is 322 g/mol. The number of thioether (sulfide) groups is 1. The Kier molecular flexibility index (Phi) is 6.82. The van der Waals surface area contributed by atoms with Crippen molar-refractivity contribution in [1.29, 1.82) is 0 Å². The van der Waals surface area contributed by atoms with E-state index < -0.39 is 10.0 Å². The van der Waals surface area contributed by atoms with Crippen molar-refractivity contribution >= 4 is 33.1 Å². The van der Waals surface area contributed by atoms with Crippen molar-refractivity contribution in [3.8, 4) is 0 Å². The highest BCUT2D eigenvalue weighted by Crippen LogP contribution is 2.21. The Bertz CT molecular complexity index is 483. The highest BCUT2D eigenvalue weighted by atomic mass is 32.2. The first-order chi connectivity index (χ1) is 8.85. The van der Waals surface area contributed by atoms with E-state index in [0.717, 1.165) is 4.88 Å². The third-order valence-corrected chi connectivity index (χ3v) is 6.52. The number of nitrogens with one attached hydrogen (secondary N) is 2. The minimum Gasteiger partial charge on any atom is -0.310 e. The van der Waals surface area contributed by atoms with Crippen LogP contribution in [0.3, 0.4) is 0 Å². The summed E-state index contributed by atoms with van der Waals surface area (Å²) in [4.78, 5) is 1.03. The van der Waals surface area contributed by atoms with Gasteiger partial charge in [0.15, 0.2) is 0 Å². The molecule has 1 unspecified atom stereocenters. The summed E-state index contributed by atoms with van der Waals surface area (Å²) in [6, 6.07) is 3.93. The molecule has 2 N–H and O–H groups in total. The summed E-state index contributed by atoms with van der Waals surface area (Å²) in [7, 11) is -3.36. The predicted molar refractivity (Wildman–Crippen MR) is 84.5 cm³/mol. The van der Waals surface area contributed by atoms with Crippen LogP contribution in [0.15, 0.2) is 16.3 Å². The van der Waals surface area contributed by atoms with E-state index in [-0.39, 0.29) is 5.25 Å². The largest absolute Gasteiger partial charge is 0.310 e. The molecule has 0 fully saturated rings. The minimum absolute atomic E-state index is 0.275. The van der Waals surface area contributed by atoms with E-state index in [1.54, 1.807) is 17.8 Å². The average molecular weight is 323 g/mol. The lowest BCUT2D eigenvalue weighted by molar-refractivity contribution is 0.583. The van der Waals surface area contributed by atoms with Crippen LogP contribution < -0.4 is 10.0 Å². The highest BCUT2D eigenvalue weighted by molar-refractivity contribution is 7.99. The van der Waals surface area contributed by atoms with E-state index in [1.807, 2.05) is 19.2 Å². The zero-order valence-electron chi connectivity index (χ0n) is 11.8. The molecule has 1 rings (SSSR count). The molecular weight excluding hydrogens is 300 g/mol. The van der Waals surface area contributed by atoms with Crippen molar-refractivity contribution in [1.82, 2.24) is 10.0 Å². The summed E-state index contributed by atoms with van der Waals surface area (Å²) in [5.41, 5.74) is 0. The van der Waals surface area contributed by atoms with Crippen molar-refractivity contribution in [3.63, 3.8) is 0 Å². The van der Waals surface area contributed by atoms with Crippen LogP contribution in [0.1, 0.15) is 25.6 Å². The first-order valence-electron chi connectivity index (χ1n) is 6.19. The summed E-state index contributed by atoms with van der Waals surface area (Å²) in [6.45, 7) is 7.30. The van der Waals surface area contributed by atoms with Crippen molar-refractivity contribution in [2.75, 3.05) is 12.8 Å². The smallest absolute Gasteiger partial charge is 0.250 e. The molecule has 0 saturated heterocycles. The third kappa shape index (κ3) is 5.83. The SMILES string of the molecule is CSC(C)CNS(=O)(=O)c1ccc(CNC(C)C)s1. The molecule has 0 aliphatic heterocycles. The second kappa shape index (κ2) is 7.64. The molecule has 0 aromatic carbocycles. The van der Waals surface area contributed by atoms with Crippen molar-refractivity contribution in [2.45, 2.75) is 42.8 Å². The van der Waals surface area contributed by atoms with Crippen LogP contribution in [0.2, 0.25) is 0 Å². The van der Waals surface area contributed by atoms with Gasteiger partial charge in [-0.05, 0) is 18.4 Å². The fourth-order valence-corrected chi connectivity index (χ4v) is 4.12. The predicted octanol–water partition coefficient (Wildman–Crippen LogP) is 2.28. The van der Waals surface area contributed by atoms with E-state index >= 15 is 0 Å². The molecule has 0 spiro atoms. The normalized spacial score (nSPS) is 13.9. The molecule has 1 aromatic rings. The van der Waals surface area contributed by atoms with Gasteiger partial charge in [0.1, 0.15) is 4.21 Å². The van der Waals surface area contributed by atoms with Crippen LogP contribution in [-0.2, 0) is 16.6 Å². The quantitative estimate of drug-likeness (QED) is 0.771. The van der Waals surface area contributed by atoms with E-state index in [2.05, 4.69) is 23.9 Å². The third-order valence-electron chi connectivity index (χ3n) is 2.55. The fraction of sp³-hybridized carbons (Fsp3) is 0.667. The Hall–Kier alpha value is -0.0800. The van der Waals surface area contributed by atoms with Gasteiger partial charge in [0, 0.05) is 29.3 Å². The molecule has 110 valence electrons. The average Bonchev–Trinajstić information content (AvgIpc) is 2.83. The van der Waals surface area contributed by atoms with Gasteiger partial charge in [-0.25, -0.2) is 13.1 Å². The fourth-order valence-electron chi connectivity index (χ4n) is 1.28. The van der Waals surface area contributed by atoms with Crippen molar-refractivity contribution in [2.24, 2.45) is 0 Å². The second-order valence-corrected chi connectivity index (χ2v) is 9.09. The van der Waals surface area contributed by atoms with Crippen LogP contribution in [-0.4, -0.2) is 32.5 Å². The molecule has 0 aliphatic carbocycles. The second-order valence-electron chi connectivity index (χ2n) is 4.65. The Morgan fingerprint density at radius 3 is 2.58 bits per heavy atom. The number of thiophene rings is 1. The summed E-state index contributed by atoms with van der Waals surface area (Å²) >= 11 is 2.96. The van der Waals surface area contributed by atoms with Crippen LogP contribution in [0, 0.1) is 0 Å². The van der Waals surface area contributed by atoms with Crippen LogP contribution in [0.25, 0.3) is 0 Å². The number of sulfonamides is 1. The maximum absolute atomic E-state index is 12.1. The molecule has 1 heterocycles. The van der Waals surface area contributed by atoms with Crippen molar-refractivity contribution in [3.05, 3.63) is 17.0 Å². The molecule has 19 heavy (non-hydrogen) atoms. The van der Waals surface area contributed by atoms with Crippen molar-refractivity contribution < 1.29 is 8.42 Å². The van der Waals surface area contributed by atoms with Gasteiger partial charge in [-0.3, -0.25) is 0 Å². The Morgan fingerprint density at radius 1 is 1.32 bits per heavy atom. The first kappa shape index (κ1) is 17.0. The molecule has 0 saturated carbocycles. The van der Waals surface area contributed by atoms with Gasteiger partial charge in [-0.1, -0.05) is 20.8 Å². The Balaban J connectivity index is 2.63. The molecule has 7 heteroatoms. The minimum atomic E-state index is -3.36. The molecular formula is C12H22N2O2S3. The molecule has 0 bridgehead atoms. The van der Waals surface area contributed by atoms with E-state index in [0.29, 0.717) is 23.3 Å². The van der Waals surface area contributed by atoms with Gasteiger partial charge in [0.25, 0.3) is 0 Å². The lowest BCUT2D eigenvalue weighted by Gasteiger charge is -2.09. The van der Waals surface area contributed by atoms with Gasteiger partial charge < -0.3 is 5.32 Å². The summed E-state index contributed by atoms with van der Waals surface area (Å²) in [5.74, 6) is 0. The van der Waals surface area contributed by atoms with Gasteiger partial charge in [-0.15, -0.1) is 11.3 Å². The Morgan fingerprint density at radius 2 is 2.00 bits per heavy atom. The number of hydrogen-bond donors (Lipinski definition) is 2. The molecule has 1 atom stereocenters. The summed E-state index contributed by atoms with van der Waals surface area (Å²) in [5, 5.41) is 3.55. The van der Waals surface area contributed by atoms with Gasteiger partial charge in [0.05, 0.1) is 0 Å². The lowest BCUT2D eigenvalue weighted by atomic mass is 10.4. The standard InChI is InChI=1S/C12H22N2O2S3/c1-9(2)13-8-11-5-6-12(18-11)19(15,16)14-7-10(3)17-4/h5-6,9-10,13-14H,7-8H2,1-4H3. The zero-order chi connectivity index (χ0) is 14.5. The van der Waals surface area contributed by atoms with Gasteiger partial charge in [0.2, 0.25) is 10.0 Å². The van der Waals surface area contributed by atoms with E-state index in [4.69, 9.17) is 0 Å². The summed E-state index contributed by atoms with van der Waals surface area (Å²) in [6.07, 6.45) is 1.97. The summed E-state index contributed by atoms with van der Waals surface area (Å²) < 4.78 is 27.2. The topological polar surface area (TPSA) is 58.2 Å².